The minimum absolute atomic E-state index is 0.106. The summed E-state index contributed by atoms with van der Waals surface area (Å²) in [5.74, 6) is 1.38. The van der Waals surface area contributed by atoms with Gasteiger partial charge in [0.05, 0.1) is 5.92 Å². The lowest BCUT2D eigenvalue weighted by atomic mass is 9.91. The highest BCUT2D eigenvalue weighted by Gasteiger charge is 2.33. The van der Waals surface area contributed by atoms with Crippen molar-refractivity contribution in [1.82, 2.24) is 15.5 Å². The molecule has 0 spiro atoms. The lowest BCUT2D eigenvalue weighted by molar-refractivity contribution is -0.0106. The van der Waals surface area contributed by atoms with Crippen LogP contribution in [0.5, 0.6) is 0 Å². The van der Waals surface area contributed by atoms with Crippen LogP contribution >= 0.6 is 0 Å². The Kier molecular flexibility index (Phi) is 3.78. The van der Waals surface area contributed by atoms with Crippen molar-refractivity contribution in [2.45, 2.75) is 38.3 Å². The molecule has 21 heavy (non-hydrogen) atoms. The molecule has 1 aromatic heterocycles. The molecule has 0 bridgehead atoms. The third kappa shape index (κ3) is 2.47. The van der Waals surface area contributed by atoms with E-state index in [9.17, 15) is 0 Å². The number of rotatable bonds is 4. The zero-order chi connectivity index (χ0) is 14.9. The fourth-order valence-corrected chi connectivity index (χ4v) is 2.70. The molecule has 112 valence electrons. The van der Waals surface area contributed by atoms with Gasteiger partial charge in [0.2, 0.25) is 11.7 Å². The summed E-state index contributed by atoms with van der Waals surface area (Å²) in [6.07, 6.45) is 0.794. The molecule has 5 heteroatoms. The highest BCUT2D eigenvalue weighted by Crippen LogP contribution is 2.31. The van der Waals surface area contributed by atoms with E-state index in [-0.39, 0.29) is 5.92 Å². The van der Waals surface area contributed by atoms with Gasteiger partial charge in [-0.15, -0.1) is 0 Å². The molecule has 5 nitrogen and oxygen atoms in total. The molecule has 0 amide bonds. The van der Waals surface area contributed by atoms with Crippen molar-refractivity contribution in [1.29, 1.82) is 0 Å². The molecule has 1 aliphatic rings. The lowest BCUT2D eigenvalue weighted by Gasteiger charge is -2.24. The Morgan fingerprint density at radius 3 is 3.00 bits per heavy atom. The first-order valence-corrected chi connectivity index (χ1v) is 7.35. The molecule has 0 saturated carbocycles. The number of hydrogen-bond donors (Lipinski definition) is 1. The van der Waals surface area contributed by atoms with Crippen LogP contribution in [-0.4, -0.2) is 23.8 Å². The Balaban J connectivity index is 1.95. The predicted octanol–water partition coefficient (Wildman–Crippen LogP) is 2.58. The first-order valence-electron chi connectivity index (χ1n) is 7.35. The van der Waals surface area contributed by atoms with E-state index in [0.29, 0.717) is 11.7 Å². The predicted molar refractivity (Wildman–Crippen MR) is 78.9 cm³/mol. The summed E-state index contributed by atoms with van der Waals surface area (Å²) < 4.78 is 11.1. The van der Waals surface area contributed by atoms with Crippen LogP contribution in [0.15, 0.2) is 28.8 Å². The largest absolute Gasteiger partial charge is 0.370 e. The van der Waals surface area contributed by atoms with Crippen molar-refractivity contribution < 1.29 is 9.26 Å². The molecule has 0 saturated heterocycles. The second kappa shape index (κ2) is 5.58. The Bertz CT molecular complexity index is 619. The van der Waals surface area contributed by atoms with Crippen molar-refractivity contribution >= 4 is 0 Å². The molecule has 2 atom stereocenters. The second-order valence-electron chi connectivity index (χ2n) is 5.63. The highest BCUT2D eigenvalue weighted by atomic mass is 16.5. The molecule has 1 aromatic carbocycles. The zero-order valence-electron chi connectivity index (χ0n) is 12.7. The van der Waals surface area contributed by atoms with Gasteiger partial charge in [-0.25, -0.2) is 0 Å². The van der Waals surface area contributed by atoms with Gasteiger partial charge in [0.25, 0.3) is 0 Å². The summed E-state index contributed by atoms with van der Waals surface area (Å²) in [7, 11) is 1.68. The summed E-state index contributed by atoms with van der Waals surface area (Å²) >= 11 is 0. The van der Waals surface area contributed by atoms with E-state index in [1.54, 1.807) is 7.11 Å². The van der Waals surface area contributed by atoms with E-state index < -0.39 is 5.60 Å². The SMILES string of the molecule is CCC(C)(OC)c1noc(C2CNCc3ccccc32)n1. The van der Waals surface area contributed by atoms with Crippen molar-refractivity contribution in [3.05, 3.63) is 47.1 Å². The van der Waals surface area contributed by atoms with Crippen LogP contribution in [0.4, 0.5) is 0 Å². The van der Waals surface area contributed by atoms with Crippen molar-refractivity contribution in [3.8, 4) is 0 Å². The quantitative estimate of drug-likeness (QED) is 0.936. The van der Waals surface area contributed by atoms with Gasteiger partial charge in [-0.1, -0.05) is 36.3 Å². The third-order valence-electron chi connectivity index (χ3n) is 4.43. The molecule has 0 aliphatic carbocycles. The van der Waals surface area contributed by atoms with E-state index in [0.717, 1.165) is 19.5 Å². The molecule has 2 aromatic rings. The minimum atomic E-state index is -0.497. The van der Waals surface area contributed by atoms with Crippen LogP contribution in [-0.2, 0) is 16.9 Å². The van der Waals surface area contributed by atoms with E-state index in [1.165, 1.54) is 11.1 Å². The smallest absolute Gasteiger partial charge is 0.235 e. The molecule has 0 radical (unpaired) electrons. The van der Waals surface area contributed by atoms with E-state index in [4.69, 9.17) is 9.26 Å². The number of hydrogen-bond acceptors (Lipinski definition) is 5. The van der Waals surface area contributed by atoms with Gasteiger partial charge in [-0.2, -0.15) is 4.98 Å². The molecule has 0 fully saturated rings. The normalized spacial score (nSPS) is 20.8. The van der Waals surface area contributed by atoms with Gasteiger partial charge in [-0.05, 0) is 24.5 Å². The monoisotopic (exact) mass is 287 g/mol. The summed E-state index contributed by atoms with van der Waals surface area (Å²) in [6.45, 7) is 5.73. The molecule has 2 unspecified atom stereocenters. The Labute approximate surface area is 124 Å². The Morgan fingerprint density at radius 1 is 1.43 bits per heavy atom. The third-order valence-corrected chi connectivity index (χ3v) is 4.43. The summed E-state index contributed by atoms with van der Waals surface area (Å²) in [5.41, 5.74) is 2.06. The summed E-state index contributed by atoms with van der Waals surface area (Å²) in [6, 6.07) is 8.39. The maximum Gasteiger partial charge on any atom is 0.235 e. The van der Waals surface area contributed by atoms with E-state index in [2.05, 4.69) is 46.6 Å². The van der Waals surface area contributed by atoms with Crippen molar-refractivity contribution in [2.24, 2.45) is 0 Å². The zero-order valence-corrected chi connectivity index (χ0v) is 12.7. The Hall–Kier alpha value is -1.72. The number of nitrogens with zero attached hydrogens (tertiary/aromatic N) is 2. The average molecular weight is 287 g/mol. The first kappa shape index (κ1) is 14.2. The van der Waals surface area contributed by atoms with Gasteiger partial charge in [0, 0.05) is 20.2 Å². The maximum atomic E-state index is 5.54. The van der Waals surface area contributed by atoms with Crippen LogP contribution in [0.2, 0.25) is 0 Å². The van der Waals surface area contributed by atoms with Crippen molar-refractivity contribution in [2.75, 3.05) is 13.7 Å². The van der Waals surface area contributed by atoms with Crippen LogP contribution < -0.4 is 5.32 Å². The van der Waals surface area contributed by atoms with E-state index >= 15 is 0 Å². The summed E-state index contributed by atoms with van der Waals surface area (Å²) in [5, 5.41) is 7.55. The second-order valence-corrected chi connectivity index (χ2v) is 5.63. The molecular formula is C16H21N3O2. The molecular weight excluding hydrogens is 266 g/mol. The van der Waals surface area contributed by atoms with Gasteiger partial charge in [0.15, 0.2) is 0 Å². The van der Waals surface area contributed by atoms with Gasteiger partial charge >= 0.3 is 0 Å². The first-order chi connectivity index (χ1) is 10.2. The van der Waals surface area contributed by atoms with Crippen molar-refractivity contribution in [3.63, 3.8) is 0 Å². The number of nitrogens with one attached hydrogen (secondary N) is 1. The highest BCUT2D eigenvalue weighted by molar-refractivity contribution is 5.36. The fourth-order valence-electron chi connectivity index (χ4n) is 2.70. The minimum Gasteiger partial charge on any atom is -0.370 e. The van der Waals surface area contributed by atoms with Crippen LogP contribution in [0.3, 0.4) is 0 Å². The number of benzene rings is 1. The number of fused-ring (bicyclic) bond motifs is 1. The van der Waals surface area contributed by atoms with Gasteiger partial charge in [-0.3, -0.25) is 0 Å². The van der Waals surface area contributed by atoms with Crippen LogP contribution in [0.1, 0.15) is 49.0 Å². The molecule has 2 heterocycles. The van der Waals surface area contributed by atoms with Crippen LogP contribution in [0, 0.1) is 0 Å². The maximum absolute atomic E-state index is 5.54. The molecule has 1 N–H and O–H groups in total. The summed E-state index contributed by atoms with van der Waals surface area (Å²) in [4.78, 5) is 4.60. The number of methoxy groups -OCH3 is 1. The standard InChI is InChI=1S/C16H21N3O2/c1-4-16(2,20-3)15-18-14(21-19-15)13-10-17-9-11-7-5-6-8-12(11)13/h5-8,13,17H,4,9-10H2,1-3H3. The topological polar surface area (TPSA) is 60.2 Å². The molecule has 3 rings (SSSR count). The number of ether oxygens (including phenoxy) is 1. The lowest BCUT2D eigenvalue weighted by Crippen LogP contribution is -2.29. The fraction of sp³-hybridized carbons (Fsp3) is 0.500. The number of aromatic nitrogens is 2. The Morgan fingerprint density at radius 2 is 2.24 bits per heavy atom. The van der Waals surface area contributed by atoms with Gasteiger partial charge in [0.1, 0.15) is 5.60 Å². The van der Waals surface area contributed by atoms with Gasteiger partial charge < -0.3 is 14.6 Å². The van der Waals surface area contributed by atoms with Crippen LogP contribution in [0.25, 0.3) is 0 Å². The van der Waals surface area contributed by atoms with E-state index in [1.807, 2.05) is 6.92 Å². The molecule has 1 aliphatic heterocycles. The average Bonchev–Trinajstić information content (AvgIpc) is 3.04.